The van der Waals surface area contributed by atoms with E-state index in [1.165, 1.54) is 4.90 Å². The number of aliphatic hydroxyl groups excluding tert-OH is 1. The van der Waals surface area contributed by atoms with E-state index in [1.807, 2.05) is 44.2 Å². The Balaban J connectivity index is 1.47. The summed E-state index contributed by atoms with van der Waals surface area (Å²) in [4.78, 5) is 63.7. The molecule has 0 radical (unpaired) electrons. The summed E-state index contributed by atoms with van der Waals surface area (Å²) in [5.74, 6) is -3.45. The molecule has 4 aliphatic rings. The van der Waals surface area contributed by atoms with Gasteiger partial charge in [0.15, 0.2) is 0 Å². The van der Waals surface area contributed by atoms with Crippen LogP contribution in [0.25, 0.3) is 0 Å². The summed E-state index contributed by atoms with van der Waals surface area (Å²) in [5, 5.41) is 10.5. The summed E-state index contributed by atoms with van der Waals surface area (Å²) < 4.78 is 18.6. The van der Waals surface area contributed by atoms with Gasteiger partial charge in [-0.1, -0.05) is 65.3 Å². The lowest BCUT2D eigenvalue weighted by atomic mass is 9.70. The minimum absolute atomic E-state index is 0.114. The number of carbonyl (C=O) groups excluding carboxylic acids is 4. The highest BCUT2D eigenvalue weighted by molar-refractivity contribution is 9.09. The average Bonchev–Trinajstić information content (AvgIpc) is 3.75. The molecule has 0 aromatic heterocycles. The fraction of sp³-hybridized carbons (Fsp3) is 0.632. The first-order valence-corrected chi connectivity index (χ1v) is 19.0. The van der Waals surface area contributed by atoms with Crippen LogP contribution in [0.2, 0.25) is 0 Å². The van der Waals surface area contributed by atoms with Gasteiger partial charge in [0.2, 0.25) is 17.7 Å². The predicted octanol–water partition coefficient (Wildman–Crippen LogP) is 2.95. The smallest absolute Gasteiger partial charge is 0.313 e. The predicted molar refractivity (Wildman–Crippen MR) is 195 cm³/mol. The number of hydrogen-bond donors (Lipinski definition) is 1. The zero-order chi connectivity index (χ0) is 36.9. The van der Waals surface area contributed by atoms with Crippen molar-refractivity contribution in [1.82, 2.24) is 19.6 Å². The Morgan fingerprint density at radius 3 is 2.51 bits per heavy atom. The molecule has 12 nitrogen and oxygen atoms in total. The Bertz CT molecular complexity index is 1420. The first-order valence-electron chi connectivity index (χ1n) is 18.1. The first kappa shape index (κ1) is 39.1. The van der Waals surface area contributed by atoms with Crippen molar-refractivity contribution < 1.29 is 38.5 Å². The lowest BCUT2D eigenvalue weighted by Crippen LogP contribution is -2.59. The van der Waals surface area contributed by atoms with Crippen molar-refractivity contribution in [1.29, 1.82) is 0 Å². The number of fused-ring (bicyclic) bond motifs is 1. The topological polar surface area (TPSA) is 129 Å². The van der Waals surface area contributed by atoms with Crippen molar-refractivity contribution in [3.05, 3.63) is 61.2 Å². The maximum atomic E-state index is 14.8. The van der Waals surface area contributed by atoms with E-state index in [4.69, 9.17) is 14.2 Å². The molecule has 1 aromatic carbocycles. The lowest BCUT2D eigenvalue weighted by molar-refractivity contribution is -0.165. The number of alkyl halides is 1. The van der Waals surface area contributed by atoms with Gasteiger partial charge in [0.25, 0.3) is 0 Å². The van der Waals surface area contributed by atoms with Gasteiger partial charge in [-0.05, 0) is 31.7 Å². The van der Waals surface area contributed by atoms with Gasteiger partial charge in [-0.15, -0.1) is 13.2 Å². The molecule has 5 rings (SSSR count). The second-order valence-electron chi connectivity index (χ2n) is 14.0. The summed E-state index contributed by atoms with van der Waals surface area (Å²) in [7, 11) is 1.69. The van der Waals surface area contributed by atoms with E-state index in [2.05, 4.69) is 34.0 Å². The minimum Gasteiger partial charge on any atom is -0.455 e. The Morgan fingerprint density at radius 2 is 1.88 bits per heavy atom. The molecule has 2 bridgehead atoms. The molecule has 1 unspecified atom stereocenters. The van der Waals surface area contributed by atoms with Crippen molar-refractivity contribution >= 4 is 39.6 Å². The molecule has 0 aliphatic carbocycles. The van der Waals surface area contributed by atoms with Gasteiger partial charge < -0.3 is 34.0 Å². The van der Waals surface area contributed by atoms with Crippen molar-refractivity contribution in [3.8, 4) is 0 Å². The van der Waals surface area contributed by atoms with Gasteiger partial charge in [-0.25, -0.2) is 0 Å². The normalized spacial score (nSPS) is 28.8. The van der Waals surface area contributed by atoms with Crippen LogP contribution in [-0.2, 0) is 33.4 Å². The van der Waals surface area contributed by atoms with E-state index in [1.54, 1.807) is 29.0 Å². The molecule has 13 heteroatoms. The quantitative estimate of drug-likeness (QED) is 0.145. The molecule has 4 heterocycles. The summed E-state index contributed by atoms with van der Waals surface area (Å²) in [5.41, 5.74) is -0.613. The fourth-order valence-corrected chi connectivity index (χ4v) is 9.20. The van der Waals surface area contributed by atoms with Gasteiger partial charge >= 0.3 is 5.97 Å². The number of benzene rings is 1. The Morgan fingerprint density at radius 1 is 1.18 bits per heavy atom. The second-order valence-corrected chi connectivity index (χ2v) is 15.2. The molecule has 1 aromatic rings. The van der Waals surface area contributed by atoms with Gasteiger partial charge in [0, 0.05) is 51.0 Å². The number of likely N-dealkylation sites (N-methyl/N-ethyl adjacent to an activating group) is 1. The zero-order valence-electron chi connectivity index (χ0n) is 30.0. The molecule has 0 saturated carbocycles. The van der Waals surface area contributed by atoms with E-state index in [9.17, 15) is 24.3 Å². The van der Waals surface area contributed by atoms with Crippen LogP contribution in [-0.4, -0.2) is 143 Å². The Hall–Kier alpha value is -3.10. The number of morpholine rings is 1. The van der Waals surface area contributed by atoms with E-state index < -0.39 is 59.6 Å². The average molecular weight is 774 g/mol. The summed E-state index contributed by atoms with van der Waals surface area (Å²) in [6.07, 6.45) is 3.32. The van der Waals surface area contributed by atoms with Crippen LogP contribution in [0.4, 0.5) is 0 Å². The van der Waals surface area contributed by atoms with Gasteiger partial charge in [0.05, 0.1) is 49.8 Å². The highest BCUT2D eigenvalue weighted by Gasteiger charge is 2.77. The van der Waals surface area contributed by atoms with Gasteiger partial charge in [-0.3, -0.25) is 24.1 Å². The molecule has 9 atom stereocenters. The molecular weight excluding hydrogens is 720 g/mol. The summed E-state index contributed by atoms with van der Waals surface area (Å²) in [6, 6.07) is 6.98. The van der Waals surface area contributed by atoms with Gasteiger partial charge in [0.1, 0.15) is 17.7 Å². The van der Waals surface area contributed by atoms with Crippen molar-refractivity contribution in [2.24, 2.45) is 11.8 Å². The van der Waals surface area contributed by atoms with Gasteiger partial charge in [-0.2, -0.15) is 0 Å². The number of carbonyl (C=O) groups is 4. The molecule has 280 valence electrons. The lowest BCUT2D eigenvalue weighted by Gasteiger charge is -2.39. The van der Waals surface area contributed by atoms with E-state index in [0.29, 0.717) is 51.1 Å². The molecule has 1 spiro atoms. The number of ether oxygens (including phenoxy) is 3. The number of hydrogen-bond acceptors (Lipinski definition) is 9. The number of nitrogens with zero attached hydrogens (tertiary/aromatic N) is 4. The molecule has 4 aliphatic heterocycles. The molecule has 4 saturated heterocycles. The molecule has 1 N–H and O–H groups in total. The summed E-state index contributed by atoms with van der Waals surface area (Å²) in [6.45, 7) is 15.0. The second kappa shape index (κ2) is 17.2. The number of allylic oxidation sites excluding steroid dienone is 1. The molecule has 4 fully saturated rings. The highest BCUT2D eigenvalue weighted by Crippen LogP contribution is 2.61. The zero-order valence-corrected chi connectivity index (χ0v) is 31.6. The standard InChI is InChI=1S/C38H53BrN4O8/c1-6-9-15-29(45)40(5)25(4)32(26-13-11-10-12-14-26)50-37(48)30-31-35(46)43(27(8-3)24-44)34(38(31)23-28(39)33(30)51-38)36(47)42(16-7-2)18-17-41-19-21-49-22-20-41/h6-7,10-14,25,27-28,30-34,44H,1-2,8-9,15-24H2,3-5H3/t25-,27+,28?,30-,31+,32+,33-,34-,38+/m1/s1. The Kier molecular flexibility index (Phi) is 13.2. The van der Waals surface area contributed by atoms with Crippen LogP contribution in [0, 0.1) is 11.8 Å². The third kappa shape index (κ3) is 7.69. The SMILES string of the molecule is C=CCCC(=O)N(C)[C@H](C)[C@H](OC(=O)[C@H]1[C@@H]2O[C@@]3(CC2Br)[C@@H]1C(=O)N([C@@H](CC)CO)[C@@H]3C(=O)N(CC=C)CCN1CCOCC1)c1ccccc1. The number of esters is 1. The number of amides is 3. The van der Waals surface area contributed by atoms with E-state index in [0.717, 1.165) is 13.1 Å². The molecule has 3 amide bonds. The van der Waals surface area contributed by atoms with Crippen LogP contribution in [0.15, 0.2) is 55.6 Å². The van der Waals surface area contributed by atoms with Crippen LogP contribution < -0.4 is 0 Å². The van der Waals surface area contributed by atoms with Crippen LogP contribution in [0.1, 0.15) is 51.2 Å². The number of halogens is 1. The summed E-state index contributed by atoms with van der Waals surface area (Å²) >= 11 is 3.75. The highest BCUT2D eigenvalue weighted by atomic mass is 79.9. The van der Waals surface area contributed by atoms with E-state index in [-0.39, 0.29) is 36.2 Å². The van der Waals surface area contributed by atoms with Crippen LogP contribution >= 0.6 is 15.9 Å². The first-order chi connectivity index (χ1) is 24.5. The number of likely N-dealkylation sites (tertiary alicyclic amines) is 1. The Labute approximate surface area is 309 Å². The van der Waals surface area contributed by atoms with Crippen molar-refractivity contribution in [2.45, 2.75) is 80.3 Å². The van der Waals surface area contributed by atoms with Crippen molar-refractivity contribution in [2.75, 3.05) is 59.6 Å². The minimum atomic E-state index is -1.32. The number of aliphatic hydroxyl groups is 1. The van der Waals surface area contributed by atoms with E-state index >= 15 is 0 Å². The fourth-order valence-electron chi connectivity index (χ4n) is 8.25. The largest absolute Gasteiger partial charge is 0.455 e. The molecule has 51 heavy (non-hydrogen) atoms. The van der Waals surface area contributed by atoms with Crippen LogP contribution in [0.3, 0.4) is 0 Å². The maximum Gasteiger partial charge on any atom is 0.313 e. The van der Waals surface area contributed by atoms with Crippen molar-refractivity contribution in [3.63, 3.8) is 0 Å². The molecular formula is C38H53BrN4O8. The third-order valence-electron chi connectivity index (χ3n) is 11.1. The van der Waals surface area contributed by atoms with Crippen LogP contribution in [0.5, 0.6) is 0 Å². The maximum absolute atomic E-state index is 14.8. The third-order valence-corrected chi connectivity index (χ3v) is 12.0. The monoisotopic (exact) mass is 772 g/mol. The number of rotatable bonds is 17.